The predicted molar refractivity (Wildman–Crippen MR) is 94.3 cm³/mol. The second-order valence-electron chi connectivity index (χ2n) is 7.58. The number of aliphatic hydroxyl groups excluding tert-OH is 1. The Bertz CT molecular complexity index is 465. The van der Waals surface area contributed by atoms with Crippen molar-refractivity contribution in [1.29, 1.82) is 0 Å². The quantitative estimate of drug-likeness (QED) is 0.781. The molecule has 5 nitrogen and oxygen atoms in total. The summed E-state index contributed by atoms with van der Waals surface area (Å²) in [6.45, 7) is 5.70. The van der Waals surface area contributed by atoms with E-state index in [1.807, 2.05) is 11.0 Å². The Labute approximate surface area is 145 Å². The van der Waals surface area contributed by atoms with Gasteiger partial charge in [-0.3, -0.25) is 9.59 Å². The number of carbonyl (C=O) groups is 2. The molecule has 0 bridgehead atoms. The monoisotopic (exact) mass is 336 g/mol. The fraction of sp³-hybridized carbons (Fsp3) is 0.789. The number of aliphatic hydroxyl groups is 1. The summed E-state index contributed by atoms with van der Waals surface area (Å²) in [5.74, 6) is 0.609. The van der Waals surface area contributed by atoms with Crippen LogP contribution in [0.1, 0.15) is 58.8 Å². The van der Waals surface area contributed by atoms with Crippen LogP contribution in [0, 0.1) is 11.8 Å². The minimum atomic E-state index is -0.439. The van der Waals surface area contributed by atoms with Gasteiger partial charge in [-0.25, -0.2) is 0 Å². The lowest BCUT2D eigenvalue weighted by molar-refractivity contribution is -0.137. The molecule has 0 saturated carbocycles. The molecule has 1 heterocycles. The summed E-state index contributed by atoms with van der Waals surface area (Å²) in [6.07, 6.45) is 8.34. The second kappa shape index (κ2) is 9.21. The molecule has 0 aromatic heterocycles. The van der Waals surface area contributed by atoms with Crippen molar-refractivity contribution in [1.82, 2.24) is 10.2 Å². The Kier molecular flexibility index (Phi) is 7.28. The zero-order valence-electron chi connectivity index (χ0n) is 15.1. The fourth-order valence-corrected chi connectivity index (χ4v) is 3.54. The van der Waals surface area contributed by atoms with Crippen LogP contribution in [-0.2, 0) is 9.59 Å². The number of hydrogen-bond donors (Lipinski definition) is 2. The third kappa shape index (κ3) is 5.33. The van der Waals surface area contributed by atoms with Gasteiger partial charge in [-0.15, -0.1) is 0 Å². The second-order valence-corrected chi connectivity index (χ2v) is 7.58. The standard InChI is InChI=1S/C19H32N2O3/c1-14(2)12-17(20-18(23)16-6-4-3-5-7-16)19(24)21-10-8-15(13-22)9-11-21/h6,14-15,17,22H,3-5,7-13H2,1-2H3,(H,20,23)/t17-/m0/s1. The van der Waals surface area contributed by atoms with Gasteiger partial charge in [-0.05, 0) is 56.8 Å². The van der Waals surface area contributed by atoms with Crippen LogP contribution in [0.2, 0.25) is 0 Å². The third-order valence-electron chi connectivity index (χ3n) is 5.08. The highest BCUT2D eigenvalue weighted by atomic mass is 16.3. The van der Waals surface area contributed by atoms with Gasteiger partial charge in [0, 0.05) is 25.3 Å². The van der Waals surface area contributed by atoms with E-state index in [2.05, 4.69) is 19.2 Å². The molecule has 2 rings (SSSR count). The molecular formula is C19H32N2O3. The molecule has 2 N–H and O–H groups in total. The topological polar surface area (TPSA) is 69.6 Å². The van der Waals surface area contributed by atoms with E-state index in [9.17, 15) is 14.7 Å². The highest BCUT2D eigenvalue weighted by molar-refractivity contribution is 5.97. The Morgan fingerprint density at radius 1 is 1.29 bits per heavy atom. The predicted octanol–water partition coefficient (Wildman–Crippen LogP) is 2.25. The minimum absolute atomic E-state index is 0.0323. The summed E-state index contributed by atoms with van der Waals surface area (Å²) in [5, 5.41) is 12.2. The smallest absolute Gasteiger partial charge is 0.247 e. The van der Waals surface area contributed by atoms with Gasteiger partial charge in [-0.1, -0.05) is 19.9 Å². The van der Waals surface area contributed by atoms with Crippen LogP contribution in [0.25, 0.3) is 0 Å². The van der Waals surface area contributed by atoms with E-state index in [1.165, 1.54) is 0 Å². The zero-order chi connectivity index (χ0) is 17.5. The van der Waals surface area contributed by atoms with E-state index >= 15 is 0 Å². The first-order valence-corrected chi connectivity index (χ1v) is 9.40. The largest absolute Gasteiger partial charge is 0.396 e. The van der Waals surface area contributed by atoms with Crippen molar-refractivity contribution in [3.05, 3.63) is 11.6 Å². The lowest BCUT2D eigenvalue weighted by atomic mass is 9.95. The summed E-state index contributed by atoms with van der Waals surface area (Å²) in [7, 11) is 0. The van der Waals surface area contributed by atoms with Crippen molar-refractivity contribution < 1.29 is 14.7 Å². The summed E-state index contributed by atoms with van der Waals surface area (Å²) < 4.78 is 0. The normalized spacial score (nSPS) is 20.7. The maximum absolute atomic E-state index is 12.9. The Hall–Kier alpha value is -1.36. The van der Waals surface area contributed by atoms with Crippen molar-refractivity contribution in [2.24, 2.45) is 11.8 Å². The van der Waals surface area contributed by atoms with Gasteiger partial charge >= 0.3 is 0 Å². The molecule has 0 aromatic carbocycles. The SMILES string of the molecule is CC(C)C[C@H](NC(=O)C1=CCCCC1)C(=O)N1CCC(CO)CC1. The van der Waals surface area contributed by atoms with E-state index in [-0.39, 0.29) is 18.4 Å². The number of amides is 2. The summed E-state index contributed by atoms with van der Waals surface area (Å²) in [6, 6.07) is -0.439. The van der Waals surface area contributed by atoms with Gasteiger partial charge < -0.3 is 15.3 Å². The van der Waals surface area contributed by atoms with Gasteiger partial charge in [0.1, 0.15) is 6.04 Å². The van der Waals surface area contributed by atoms with E-state index in [0.717, 1.165) is 44.1 Å². The molecule has 1 aliphatic carbocycles. The van der Waals surface area contributed by atoms with Crippen LogP contribution < -0.4 is 5.32 Å². The Morgan fingerprint density at radius 3 is 2.54 bits per heavy atom. The lowest BCUT2D eigenvalue weighted by Crippen LogP contribution is -2.51. The molecule has 2 aliphatic rings. The summed E-state index contributed by atoms with van der Waals surface area (Å²) in [4.78, 5) is 27.2. The number of likely N-dealkylation sites (tertiary alicyclic amines) is 1. The molecule has 0 unspecified atom stereocenters. The number of nitrogens with one attached hydrogen (secondary N) is 1. The molecule has 0 spiro atoms. The van der Waals surface area contributed by atoms with E-state index in [1.54, 1.807) is 0 Å². The molecule has 1 aliphatic heterocycles. The van der Waals surface area contributed by atoms with Gasteiger partial charge in [0.25, 0.3) is 0 Å². The lowest BCUT2D eigenvalue weighted by Gasteiger charge is -2.34. The van der Waals surface area contributed by atoms with Crippen molar-refractivity contribution in [2.45, 2.75) is 64.8 Å². The molecule has 2 amide bonds. The Balaban J connectivity index is 1.97. The molecule has 24 heavy (non-hydrogen) atoms. The fourth-order valence-electron chi connectivity index (χ4n) is 3.54. The Morgan fingerprint density at radius 2 is 2.00 bits per heavy atom. The molecule has 1 fully saturated rings. The summed E-state index contributed by atoms with van der Waals surface area (Å²) in [5.41, 5.74) is 0.835. The number of hydrogen-bond acceptors (Lipinski definition) is 3. The maximum Gasteiger partial charge on any atom is 0.247 e. The van der Waals surface area contributed by atoms with Crippen LogP contribution in [0.4, 0.5) is 0 Å². The zero-order valence-corrected chi connectivity index (χ0v) is 15.1. The van der Waals surface area contributed by atoms with Crippen molar-refractivity contribution >= 4 is 11.8 Å². The molecule has 5 heteroatoms. The van der Waals surface area contributed by atoms with Crippen LogP contribution in [0.15, 0.2) is 11.6 Å². The molecule has 0 aromatic rings. The van der Waals surface area contributed by atoms with E-state index < -0.39 is 6.04 Å². The van der Waals surface area contributed by atoms with Crippen LogP contribution >= 0.6 is 0 Å². The molecular weight excluding hydrogens is 304 g/mol. The van der Waals surface area contributed by atoms with Crippen molar-refractivity contribution in [3.8, 4) is 0 Å². The van der Waals surface area contributed by atoms with Crippen LogP contribution in [0.3, 0.4) is 0 Å². The van der Waals surface area contributed by atoms with Crippen LogP contribution in [0.5, 0.6) is 0 Å². The molecule has 136 valence electrons. The van der Waals surface area contributed by atoms with E-state index in [0.29, 0.717) is 31.3 Å². The molecule has 1 atom stereocenters. The highest BCUT2D eigenvalue weighted by Crippen LogP contribution is 2.20. The average molecular weight is 336 g/mol. The van der Waals surface area contributed by atoms with Crippen molar-refractivity contribution in [3.63, 3.8) is 0 Å². The van der Waals surface area contributed by atoms with Gasteiger partial charge in [-0.2, -0.15) is 0 Å². The van der Waals surface area contributed by atoms with Gasteiger partial charge in [0.15, 0.2) is 0 Å². The maximum atomic E-state index is 12.9. The number of allylic oxidation sites excluding steroid dienone is 1. The highest BCUT2D eigenvalue weighted by Gasteiger charge is 2.30. The number of nitrogens with zero attached hydrogens (tertiary/aromatic N) is 1. The first-order valence-electron chi connectivity index (χ1n) is 9.40. The number of piperidine rings is 1. The summed E-state index contributed by atoms with van der Waals surface area (Å²) >= 11 is 0. The average Bonchev–Trinajstić information content (AvgIpc) is 2.61. The molecule has 1 saturated heterocycles. The van der Waals surface area contributed by atoms with Crippen LogP contribution in [-0.4, -0.2) is 47.6 Å². The van der Waals surface area contributed by atoms with Gasteiger partial charge in [0.05, 0.1) is 0 Å². The minimum Gasteiger partial charge on any atom is -0.396 e. The van der Waals surface area contributed by atoms with Gasteiger partial charge in [0.2, 0.25) is 11.8 Å². The third-order valence-corrected chi connectivity index (χ3v) is 5.08. The molecule has 0 radical (unpaired) electrons. The number of carbonyl (C=O) groups excluding carboxylic acids is 2. The number of rotatable bonds is 6. The van der Waals surface area contributed by atoms with E-state index in [4.69, 9.17) is 0 Å². The first kappa shape index (κ1) is 19.0. The first-order chi connectivity index (χ1) is 11.5. The van der Waals surface area contributed by atoms with Crippen molar-refractivity contribution in [2.75, 3.05) is 19.7 Å².